The van der Waals surface area contributed by atoms with Crippen molar-refractivity contribution < 1.29 is 29.6 Å². The molecule has 0 saturated heterocycles. The zero-order chi connectivity index (χ0) is 22.4. The summed E-state index contributed by atoms with van der Waals surface area (Å²) >= 11 is 0. The van der Waals surface area contributed by atoms with E-state index in [1.807, 2.05) is 12.1 Å². The molecule has 1 saturated carbocycles. The van der Waals surface area contributed by atoms with Gasteiger partial charge in [-0.05, 0) is 49.3 Å². The van der Waals surface area contributed by atoms with Crippen LogP contribution in [0.15, 0.2) is 36.4 Å². The number of aliphatic carboxylic acids is 1. The molecule has 1 aliphatic rings. The third kappa shape index (κ3) is 6.03. The zero-order valence-electron chi connectivity index (χ0n) is 17.8. The Morgan fingerprint density at radius 3 is 2.39 bits per heavy atom. The van der Waals surface area contributed by atoms with Gasteiger partial charge >= 0.3 is 5.97 Å². The van der Waals surface area contributed by atoms with Crippen molar-refractivity contribution in [1.29, 1.82) is 0 Å². The van der Waals surface area contributed by atoms with Crippen LogP contribution < -0.4 is 0 Å². The highest BCUT2D eigenvalue weighted by Crippen LogP contribution is 2.40. The molecular formula is C25H33FO5. The maximum absolute atomic E-state index is 14.9. The van der Waals surface area contributed by atoms with Crippen molar-refractivity contribution >= 4 is 16.7 Å². The van der Waals surface area contributed by atoms with Crippen LogP contribution in [0.3, 0.4) is 0 Å². The van der Waals surface area contributed by atoms with E-state index in [4.69, 9.17) is 5.11 Å². The first-order valence-corrected chi connectivity index (χ1v) is 11.3. The van der Waals surface area contributed by atoms with Crippen LogP contribution in [0, 0.1) is 17.7 Å². The van der Waals surface area contributed by atoms with Crippen molar-refractivity contribution in [2.45, 2.75) is 76.1 Å². The molecule has 2 aromatic carbocycles. The molecular weight excluding hydrogens is 399 g/mol. The molecule has 6 heteroatoms. The van der Waals surface area contributed by atoms with E-state index >= 15 is 0 Å². The summed E-state index contributed by atoms with van der Waals surface area (Å²) in [5.41, 5.74) is 0.265. The molecule has 170 valence electrons. The minimum absolute atomic E-state index is 0.0527. The van der Waals surface area contributed by atoms with E-state index in [0.29, 0.717) is 31.1 Å². The summed E-state index contributed by atoms with van der Waals surface area (Å²) < 4.78 is 14.9. The van der Waals surface area contributed by atoms with Crippen molar-refractivity contribution in [2.24, 2.45) is 11.8 Å². The smallest absolute Gasteiger partial charge is 0.303 e. The Balaban J connectivity index is 1.55. The highest BCUT2D eigenvalue weighted by Gasteiger charge is 2.41. The summed E-state index contributed by atoms with van der Waals surface area (Å²) in [6.07, 6.45) is 3.17. The third-order valence-electron chi connectivity index (χ3n) is 6.73. The summed E-state index contributed by atoms with van der Waals surface area (Å²) in [7, 11) is 0. The number of hydrogen-bond acceptors (Lipinski definition) is 4. The van der Waals surface area contributed by atoms with Crippen molar-refractivity contribution in [1.82, 2.24) is 0 Å². The van der Waals surface area contributed by atoms with Gasteiger partial charge in [-0.3, -0.25) is 4.79 Å². The van der Waals surface area contributed by atoms with Gasteiger partial charge in [-0.15, -0.1) is 0 Å². The Kier molecular flexibility index (Phi) is 8.41. The number of benzene rings is 2. The van der Waals surface area contributed by atoms with Crippen LogP contribution in [0.2, 0.25) is 0 Å². The Hall–Kier alpha value is -2.02. The number of carboxylic acids is 1. The number of rotatable bonds is 11. The number of carbonyl (C=O) groups is 1. The van der Waals surface area contributed by atoms with Crippen molar-refractivity contribution in [2.75, 3.05) is 0 Å². The molecule has 0 bridgehead atoms. The minimum Gasteiger partial charge on any atom is -0.481 e. The number of hydrogen-bond donors (Lipinski definition) is 4. The lowest BCUT2D eigenvalue weighted by atomic mass is 9.84. The largest absolute Gasteiger partial charge is 0.481 e. The molecule has 2 aromatic rings. The first-order valence-electron chi connectivity index (χ1n) is 11.3. The van der Waals surface area contributed by atoms with E-state index in [0.717, 1.165) is 31.1 Å². The van der Waals surface area contributed by atoms with Gasteiger partial charge < -0.3 is 20.4 Å². The van der Waals surface area contributed by atoms with E-state index in [1.54, 1.807) is 24.3 Å². The van der Waals surface area contributed by atoms with E-state index in [-0.39, 0.29) is 23.8 Å². The van der Waals surface area contributed by atoms with Crippen molar-refractivity contribution in [3.8, 4) is 0 Å². The van der Waals surface area contributed by atoms with Crippen molar-refractivity contribution in [3.05, 3.63) is 47.8 Å². The molecule has 0 aromatic heterocycles. The van der Waals surface area contributed by atoms with Gasteiger partial charge in [-0.2, -0.15) is 0 Å². The van der Waals surface area contributed by atoms with Crippen LogP contribution in [0.4, 0.5) is 4.39 Å². The maximum atomic E-state index is 14.9. The predicted octanol–water partition coefficient (Wildman–Crippen LogP) is 4.58. The summed E-state index contributed by atoms with van der Waals surface area (Å²) in [4.78, 5) is 10.6. The molecule has 0 radical (unpaired) electrons. The van der Waals surface area contributed by atoms with Crippen LogP contribution in [-0.4, -0.2) is 38.6 Å². The number of fused-ring (bicyclic) bond motifs is 1. The van der Waals surface area contributed by atoms with Crippen LogP contribution in [-0.2, 0) is 4.79 Å². The van der Waals surface area contributed by atoms with E-state index in [1.165, 1.54) is 0 Å². The molecule has 5 nitrogen and oxygen atoms in total. The average Bonchev–Trinajstić information content (AvgIpc) is 3.01. The highest BCUT2D eigenvalue weighted by molar-refractivity contribution is 5.83. The van der Waals surface area contributed by atoms with Crippen LogP contribution in [0.25, 0.3) is 10.8 Å². The lowest BCUT2D eigenvalue weighted by Gasteiger charge is -2.25. The maximum Gasteiger partial charge on any atom is 0.303 e. The van der Waals surface area contributed by atoms with Gasteiger partial charge in [0.2, 0.25) is 0 Å². The lowest BCUT2D eigenvalue weighted by molar-refractivity contribution is -0.137. The number of aliphatic hydroxyl groups is 3. The Morgan fingerprint density at radius 1 is 0.968 bits per heavy atom. The first-order chi connectivity index (χ1) is 14.9. The fourth-order valence-electron chi connectivity index (χ4n) is 5.00. The lowest BCUT2D eigenvalue weighted by Crippen LogP contribution is -2.23. The van der Waals surface area contributed by atoms with E-state index in [2.05, 4.69) is 0 Å². The second-order valence-electron chi connectivity index (χ2n) is 8.83. The summed E-state index contributed by atoms with van der Waals surface area (Å²) in [6.45, 7) is 0. The van der Waals surface area contributed by atoms with Gasteiger partial charge in [-0.1, -0.05) is 55.7 Å². The summed E-state index contributed by atoms with van der Waals surface area (Å²) in [6, 6.07) is 10.6. The van der Waals surface area contributed by atoms with E-state index in [9.17, 15) is 24.5 Å². The Labute approximate surface area is 182 Å². The number of aliphatic hydroxyl groups excluding tert-OH is 3. The van der Waals surface area contributed by atoms with E-state index < -0.39 is 30.1 Å². The molecule has 1 aliphatic carbocycles. The molecule has 1 unspecified atom stereocenters. The van der Waals surface area contributed by atoms with Crippen molar-refractivity contribution in [3.63, 3.8) is 0 Å². The van der Waals surface area contributed by atoms with Crippen LogP contribution >= 0.6 is 0 Å². The monoisotopic (exact) mass is 432 g/mol. The predicted molar refractivity (Wildman–Crippen MR) is 117 cm³/mol. The standard InChI is InChI=1S/C25H33FO5/c26-25-17-8-6-5-7-16(17)11-12-20(25)21(27)14-13-19-18(22(28)15-23(19)29)9-3-1-2-4-10-24(30)31/h5-8,11-12,18-19,21-23,27-29H,1-4,9-10,13-15H2,(H,30,31)/t18-,19?,21+,22+,23-/m1/s1. The molecule has 0 spiro atoms. The molecule has 1 fully saturated rings. The average molecular weight is 433 g/mol. The van der Waals surface area contributed by atoms with Gasteiger partial charge in [0, 0.05) is 17.4 Å². The Morgan fingerprint density at radius 2 is 1.65 bits per heavy atom. The summed E-state index contributed by atoms with van der Waals surface area (Å²) in [5, 5.41) is 41.4. The molecule has 31 heavy (non-hydrogen) atoms. The molecule has 0 heterocycles. The van der Waals surface area contributed by atoms with Gasteiger partial charge in [0.05, 0.1) is 18.3 Å². The fourth-order valence-corrected chi connectivity index (χ4v) is 5.00. The second kappa shape index (κ2) is 11.0. The number of halogens is 1. The first kappa shape index (κ1) is 23.6. The SMILES string of the molecule is O=C(O)CCCCCC[C@@H]1C(CC[C@H](O)c2ccc3ccccc3c2F)[C@H](O)C[C@@H]1O. The highest BCUT2D eigenvalue weighted by atomic mass is 19.1. The molecule has 3 rings (SSSR count). The van der Waals surface area contributed by atoms with Gasteiger partial charge in [0.25, 0.3) is 0 Å². The quantitative estimate of drug-likeness (QED) is 0.390. The minimum atomic E-state index is -0.966. The number of unbranched alkanes of at least 4 members (excludes halogenated alkanes) is 3. The summed E-state index contributed by atoms with van der Waals surface area (Å²) in [5.74, 6) is -1.37. The topological polar surface area (TPSA) is 98.0 Å². The van der Waals surface area contributed by atoms with Gasteiger partial charge in [-0.25, -0.2) is 4.39 Å². The molecule has 5 atom stereocenters. The molecule has 0 amide bonds. The molecule has 0 aliphatic heterocycles. The van der Waals surface area contributed by atoms with Crippen LogP contribution in [0.5, 0.6) is 0 Å². The molecule has 4 N–H and O–H groups in total. The number of carboxylic acid groups (broad SMARTS) is 1. The zero-order valence-corrected chi connectivity index (χ0v) is 17.8. The fraction of sp³-hybridized carbons (Fsp3) is 0.560. The van der Waals surface area contributed by atoms with Crippen LogP contribution in [0.1, 0.15) is 69.5 Å². The normalized spacial score (nSPS) is 24.5. The second-order valence-corrected chi connectivity index (χ2v) is 8.83. The third-order valence-corrected chi connectivity index (χ3v) is 6.73. The van der Waals surface area contributed by atoms with Gasteiger partial charge in [0.1, 0.15) is 5.82 Å². The van der Waals surface area contributed by atoms with Gasteiger partial charge in [0.15, 0.2) is 0 Å². The Bertz CT molecular complexity index is 870.